The van der Waals surface area contributed by atoms with Crippen LogP contribution in [0.2, 0.25) is 0 Å². The predicted molar refractivity (Wildman–Crippen MR) is 146 cm³/mol. The number of likely N-dealkylation sites (tertiary alicyclic amines) is 1. The first-order valence-corrected chi connectivity index (χ1v) is 13.2. The molecule has 5 rings (SSSR count). The first-order chi connectivity index (χ1) is 17.3. The van der Waals surface area contributed by atoms with E-state index in [4.69, 9.17) is 4.98 Å². The Morgan fingerprint density at radius 2 is 1.69 bits per heavy atom. The van der Waals surface area contributed by atoms with Gasteiger partial charge in [-0.1, -0.05) is 72.4 Å². The van der Waals surface area contributed by atoms with Crippen LogP contribution in [0.4, 0.5) is 10.5 Å². The average Bonchev–Trinajstić information content (AvgIpc) is 3.39. The molecule has 0 radical (unpaired) electrons. The zero-order chi connectivity index (χ0) is 25.3. The SMILES string of the molecule is Cn1c(SCC(=O)[N+]2(C(=O)Nc3ccccc3-c3ccccc3)CCCC2(C)C)nc2ccccc21. The number of aromatic nitrogens is 2. The largest absolute Gasteiger partial charge is 0.428 e. The molecule has 1 unspecified atom stereocenters. The maximum Gasteiger partial charge on any atom is 0.428 e. The van der Waals surface area contributed by atoms with E-state index in [2.05, 4.69) is 5.32 Å². The topological polar surface area (TPSA) is 64.0 Å². The number of benzene rings is 3. The fourth-order valence-electron chi connectivity index (χ4n) is 5.36. The molecule has 1 aliphatic heterocycles. The van der Waals surface area contributed by atoms with Crippen molar-refractivity contribution in [2.24, 2.45) is 7.05 Å². The van der Waals surface area contributed by atoms with E-state index in [9.17, 15) is 9.59 Å². The molecule has 4 aromatic rings. The first-order valence-electron chi connectivity index (χ1n) is 12.3. The first kappa shape index (κ1) is 24.3. The van der Waals surface area contributed by atoms with Gasteiger partial charge in [0.15, 0.2) is 5.16 Å². The number of nitrogens with one attached hydrogen (secondary N) is 1. The maximum absolute atomic E-state index is 14.0. The lowest BCUT2D eigenvalue weighted by atomic mass is 9.99. The number of thioether (sulfide) groups is 1. The second-order valence-electron chi connectivity index (χ2n) is 9.92. The van der Waals surface area contributed by atoms with Crippen LogP contribution in [-0.4, -0.2) is 43.8 Å². The lowest BCUT2D eigenvalue weighted by Gasteiger charge is -2.39. The third-order valence-electron chi connectivity index (χ3n) is 7.41. The van der Waals surface area contributed by atoms with Crippen molar-refractivity contribution in [1.29, 1.82) is 0 Å². The third-order valence-corrected chi connectivity index (χ3v) is 8.43. The van der Waals surface area contributed by atoms with Crippen LogP contribution in [0.15, 0.2) is 84.0 Å². The van der Waals surface area contributed by atoms with E-state index >= 15 is 0 Å². The summed E-state index contributed by atoms with van der Waals surface area (Å²) in [6.45, 7) is 4.55. The second-order valence-corrected chi connectivity index (χ2v) is 10.9. The van der Waals surface area contributed by atoms with E-state index in [1.807, 2.05) is 104 Å². The van der Waals surface area contributed by atoms with Crippen LogP contribution >= 0.6 is 11.8 Å². The van der Waals surface area contributed by atoms with Crippen molar-refractivity contribution >= 4 is 40.4 Å². The van der Waals surface area contributed by atoms with Crippen molar-refractivity contribution in [3.63, 3.8) is 0 Å². The van der Waals surface area contributed by atoms with Crippen LogP contribution in [0.5, 0.6) is 0 Å². The monoisotopic (exact) mass is 499 g/mol. The number of imidazole rings is 1. The predicted octanol–water partition coefficient (Wildman–Crippen LogP) is 6.48. The number of hydrogen-bond donors (Lipinski definition) is 1. The molecule has 0 aliphatic carbocycles. The Balaban J connectivity index is 1.43. The number of carbonyl (C=O) groups is 2. The van der Waals surface area contributed by atoms with Crippen LogP contribution in [0.3, 0.4) is 0 Å². The molecule has 2 heterocycles. The third kappa shape index (κ3) is 4.12. The van der Waals surface area contributed by atoms with Gasteiger partial charge in [0.05, 0.1) is 23.3 Å². The summed E-state index contributed by atoms with van der Waals surface area (Å²) in [5.74, 6) is 0.0817. The Morgan fingerprint density at radius 3 is 2.42 bits per heavy atom. The highest BCUT2D eigenvalue weighted by Crippen LogP contribution is 2.40. The summed E-state index contributed by atoms with van der Waals surface area (Å²) in [5.41, 5.74) is 4.08. The highest BCUT2D eigenvalue weighted by Gasteiger charge is 2.59. The van der Waals surface area contributed by atoms with Crippen molar-refractivity contribution in [2.75, 3.05) is 17.6 Å². The van der Waals surface area contributed by atoms with Crippen LogP contribution in [0.25, 0.3) is 22.2 Å². The number of aryl methyl sites for hydroxylation is 1. The summed E-state index contributed by atoms with van der Waals surface area (Å²) in [6.07, 6.45) is 1.63. The van der Waals surface area contributed by atoms with E-state index in [0.717, 1.165) is 40.2 Å². The molecule has 1 aliphatic rings. The quantitative estimate of drug-likeness (QED) is 0.252. The number of amides is 3. The number of para-hydroxylation sites is 3. The van der Waals surface area contributed by atoms with Crippen LogP contribution < -0.4 is 5.32 Å². The zero-order valence-electron chi connectivity index (χ0n) is 20.9. The summed E-state index contributed by atoms with van der Waals surface area (Å²) in [5, 5.41) is 3.91. The van der Waals surface area contributed by atoms with Crippen molar-refractivity contribution in [1.82, 2.24) is 9.55 Å². The number of quaternary nitrogens is 1. The summed E-state index contributed by atoms with van der Waals surface area (Å²) in [6, 6.07) is 25.4. The molecule has 6 nitrogen and oxygen atoms in total. The Hall–Kier alpha value is -3.42. The van der Waals surface area contributed by atoms with Gasteiger partial charge in [0.1, 0.15) is 11.3 Å². The molecule has 0 bridgehead atoms. The molecule has 184 valence electrons. The standard InChI is InChI=1S/C29H30N4O2S/c1-29(2)18-11-19-33(29,26(34)20-36-27-30-24-16-9-10-17-25(24)32(27)3)28(35)31-23-15-8-7-14-22(23)21-12-5-4-6-13-21/h4-10,12-17H,11,18-20H2,1-3H3/p+1. The minimum Gasteiger partial charge on any atom is -0.322 e. The fraction of sp³-hybridized carbons (Fsp3) is 0.276. The number of anilines is 1. The number of imide groups is 1. The Labute approximate surface area is 215 Å². The van der Waals surface area contributed by atoms with Gasteiger partial charge in [0, 0.05) is 25.5 Å². The Bertz CT molecular complexity index is 1430. The molecule has 0 saturated carbocycles. The molecular weight excluding hydrogens is 468 g/mol. The van der Waals surface area contributed by atoms with Crippen LogP contribution in [0, 0.1) is 0 Å². The van der Waals surface area contributed by atoms with E-state index in [1.54, 1.807) is 0 Å². The summed E-state index contributed by atoms with van der Waals surface area (Å²) in [7, 11) is 1.96. The van der Waals surface area contributed by atoms with Crippen LogP contribution in [-0.2, 0) is 11.8 Å². The van der Waals surface area contributed by atoms with Crippen LogP contribution in [0.1, 0.15) is 26.7 Å². The van der Waals surface area contributed by atoms with Gasteiger partial charge in [-0.05, 0) is 37.6 Å². The van der Waals surface area contributed by atoms with Gasteiger partial charge in [0.25, 0.3) is 0 Å². The molecule has 36 heavy (non-hydrogen) atoms. The molecule has 1 aromatic heterocycles. The molecule has 0 spiro atoms. The molecular formula is C29H31N4O2S+. The molecule has 1 atom stereocenters. The summed E-state index contributed by atoms with van der Waals surface area (Å²) in [4.78, 5) is 32.6. The van der Waals surface area contributed by atoms with Gasteiger partial charge in [-0.2, -0.15) is 4.48 Å². The molecule has 1 fully saturated rings. The molecule has 3 aromatic carbocycles. The zero-order valence-corrected chi connectivity index (χ0v) is 21.7. The second kappa shape index (κ2) is 9.56. The molecule has 1 saturated heterocycles. The van der Waals surface area contributed by atoms with Gasteiger partial charge in [-0.15, -0.1) is 0 Å². The van der Waals surface area contributed by atoms with Crippen molar-refractivity contribution in [3.8, 4) is 11.1 Å². The number of rotatable bonds is 5. The highest BCUT2D eigenvalue weighted by atomic mass is 32.2. The Morgan fingerprint density at radius 1 is 1.00 bits per heavy atom. The van der Waals surface area contributed by atoms with E-state index in [0.29, 0.717) is 12.2 Å². The van der Waals surface area contributed by atoms with E-state index < -0.39 is 5.54 Å². The van der Waals surface area contributed by atoms with Crippen molar-refractivity contribution in [3.05, 3.63) is 78.9 Å². The van der Waals surface area contributed by atoms with Gasteiger partial charge in [-0.3, -0.25) is 5.32 Å². The van der Waals surface area contributed by atoms with E-state index in [1.165, 1.54) is 11.8 Å². The lowest BCUT2D eigenvalue weighted by Crippen LogP contribution is -2.66. The summed E-state index contributed by atoms with van der Waals surface area (Å²) >= 11 is 1.40. The smallest absolute Gasteiger partial charge is 0.322 e. The van der Waals surface area contributed by atoms with Gasteiger partial charge < -0.3 is 4.57 Å². The number of hydrogen-bond acceptors (Lipinski definition) is 4. The Kier molecular flexibility index (Phi) is 6.45. The average molecular weight is 500 g/mol. The molecule has 1 N–H and O–H groups in total. The molecule has 7 heteroatoms. The fourth-order valence-corrected chi connectivity index (χ4v) is 6.28. The number of carbonyl (C=O) groups excluding carboxylic acids is 2. The summed E-state index contributed by atoms with van der Waals surface area (Å²) < 4.78 is 1.79. The van der Waals surface area contributed by atoms with Gasteiger partial charge in [-0.25, -0.2) is 14.6 Å². The lowest BCUT2D eigenvalue weighted by molar-refractivity contribution is -0.808. The minimum absolute atomic E-state index is 0.0933. The van der Waals surface area contributed by atoms with Crippen molar-refractivity contribution < 1.29 is 14.1 Å². The van der Waals surface area contributed by atoms with Gasteiger partial charge in [0.2, 0.25) is 0 Å². The number of urea groups is 1. The maximum atomic E-state index is 14.0. The van der Waals surface area contributed by atoms with Gasteiger partial charge >= 0.3 is 11.9 Å². The minimum atomic E-state index is -0.504. The number of nitrogens with zero attached hydrogens (tertiary/aromatic N) is 3. The molecule has 3 amide bonds. The number of fused-ring (bicyclic) bond motifs is 1. The normalized spacial score (nSPS) is 18.9. The highest BCUT2D eigenvalue weighted by molar-refractivity contribution is 7.99. The van der Waals surface area contributed by atoms with Crippen molar-refractivity contribution in [2.45, 2.75) is 37.4 Å². The van der Waals surface area contributed by atoms with E-state index in [-0.39, 0.29) is 22.2 Å².